The van der Waals surface area contributed by atoms with Gasteiger partial charge < -0.3 is 5.73 Å². The highest BCUT2D eigenvalue weighted by Gasteiger charge is 2.28. The van der Waals surface area contributed by atoms with E-state index < -0.39 is 10.8 Å². The Hall–Kier alpha value is 0.110. The maximum atomic E-state index is 11.8. The summed E-state index contributed by atoms with van der Waals surface area (Å²) in [5, 5.41) is 0.732. The summed E-state index contributed by atoms with van der Waals surface area (Å²) in [4.78, 5) is 0. The minimum absolute atomic E-state index is 0.308. The average molecular weight is 189 g/mol. The maximum absolute atomic E-state index is 11.8. The van der Waals surface area contributed by atoms with Gasteiger partial charge in [0.2, 0.25) is 0 Å². The first-order chi connectivity index (χ1) is 5.65. The van der Waals surface area contributed by atoms with Crippen LogP contribution in [0, 0.1) is 0 Å². The zero-order chi connectivity index (χ0) is 9.14. The van der Waals surface area contributed by atoms with E-state index >= 15 is 0 Å². The minimum atomic E-state index is -0.641. The molecule has 2 N–H and O–H groups in total. The zero-order valence-electron chi connectivity index (χ0n) is 7.95. The largest absolute Gasteiger partial charge is 0.328 e. The molecule has 1 aliphatic rings. The highest BCUT2D eigenvalue weighted by atomic mass is 32.2. The maximum Gasteiger partial charge on any atom is 0.0366 e. The topological polar surface area (TPSA) is 43.1 Å². The van der Waals surface area contributed by atoms with Crippen LogP contribution in [-0.2, 0) is 10.8 Å². The first kappa shape index (κ1) is 10.2. The molecule has 0 aromatic heterocycles. The van der Waals surface area contributed by atoms with E-state index in [4.69, 9.17) is 5.73 Å². The summed E-state index contributed by atoms with van der Waals surface area (Å²) in [6, 6.07) is 0.308. The Morgan fingerprint density at radius 1 is 1.58 bits per heavy atom. The van der Waals surface area contributed by atoms with Gasteiger partial charge in [-0.05, 0) is 25.7 Å². The molecule has 0 aliphatic heterocycles. The lowest BCUT2D eigenvalue weighted by Gasteiger charge is -2.14. The van der Waals surface area contributed by atoms with Crippen molar-refractivity contribution in [3.8, 4) is 0 Å². The number of rotatable bonds is 3. The molecule has 3 heteroatoms. The molecule has 1 rings (SSSR count). The second-order valence-electron chi connectivity index (χ2n) is 3.74. The van der Waals surface area contributed by atoms with Gasteiger partial charge in [-0.1, -0.05) is 13.8 Å². The molecule has 4 atom stereocenters. The van der Waals surface area contributed by atoms with Gasteiger partial charge in [-0.25, -0.2) is 0 Å². The summed E-state index contributed by atoms with van der Waals surface area (Å²) in [5.74, 6) is 0. The fraction of sp³-hybridized carbons (Fsp3) is 1.00. The number of hydrogen-bond donors (Lipinski definition) is 1. The Bertz CT molecular complexity index is 172. The van der Waals surface area contributed by atoms with Gasteiger partial charge in [0.1, 0.15) is 0 Å². The first-order valence-electron chi connectivity index (χ1n) is 4.80. The summed E-state index contributed by atoms with van der Waals surface area (Å²) in [5.41, 5.74) is 5.77. The van der Waals surface area contributed by atoms with Crippen molar-refractivity contribution in [1.82, 2.24) is 0 Å². The SMILES string of the molecule is CCC(C)S(=O)C1CCC(N)C1. The van der Waals surface area contributed by atoms with E-state index in [0.717, 1.165) is 25.7 Å². The molecule has 0 aromatic carbocycles. The van der Waals surface area contributed by atoms with Crippen molar-refractivity contribution in [3.63, 3.8) is 0 Å². The third-order valence-electron chi connectivity index (χ3n) is 2.73. The molecule has 0 spiro atoms. The molecule has 0 saturated heterocycles. The molecule has 1 aliphatic carbocycles. The Morgan fingerprint density at radius 3 is 2.67 bits per heavy atom. The summed E-state index contributed by atoms with van der Waals surface area (Å²) in [7, 11) is -0.641. The van der Waals surface area contributed by atoms with Crippen LogP contribution in [0.1, 0.15) is 39.5 Å². The molecule has 4 unspecified atom stereocenters. The van der Waals surface area contributed by atoms with Crippen molar-refractivity contribution in [2.75, 3.05) is 0 Å². The van der Waals surface area contributed by atoms with Crippen LogP contribution in [0.4, 0.5) is 0 Å². The average Bonchev–Trinajstić information content (AvgIpc) is 2.49. The number of nitrogens with two attached hydrogens (primary N) is 1. The molecule has 0 heterocycles. The predicted molar refractivity (Wildman–Crippen MR) is 53.5 cm³/mol. The van der Waals surface area contributed by atoms with Gasteiger partial charge in [-0.2, -0.15) is 0 Å². The highest BCUT2D eigenvalue weighted by Crippen LogP contribution is 2.24. The van der Waals surface area contributed by atoms with Crippen molar-refractivity contribution in [2.45, 2.75) is 56.1 Å². The van der Waals surface area contributed by atoms with Crippen LogP contribution >= 0.6 is 0 Å². The van der Waals surface area contributed by atoms with Crippen LogP contribution in [0.3, 0.4) is 0 Å². The second kappa shape index (κ2) is 4.38. The third kappa shape index (κ3) is 2.30. The second-order valence-corrected chi connectivity index (χ2v) is 5.87. The van der Waals surface area contributed by atoms with Crippen LogP contribution in [0.25, 0.3) is 0 Å². The summed E-state index contributed by atoms with van der Waals surface area (Å²) >= 11 is 0. The normalized spacial score (nSPS) is 34.9. The molecule has 2 nitrogen and oxygen atoms in total. The lowest BCUT2D eigenvalue weighted by molar-refractivity contribution is 0.651. The molecule has 12 heavy (non-hydrogen) atoms. The van der Waals surface area contributed by atoms with Crippen LogP contribution in [0.2, 0.25) is 0 Å². The smallest absolute Gasteiger partial charge is 0.0366 e. The van der Waals surface area contributed by atoms with Gasteiger partial charge in [0.05, 0.1) is 0 Å². The van der Waals surface area contributed by atoms with Crippen LogP contribution in [-0.4, -0.2) is 20.8 Å². The van der Waals surface area contributed by atoms with Gasteiger partial charge in [0, 0.05) is 27.3 Å². The van der Waals surface area contributed by atoms with E-state index in [1.165, 1.54) is 0 Å². The molecule has 0 amide bonds. The molecule has 0 radical (unpaired) electrons. The standard InChI is InChI=1S/C9H19NOS/c1-3-7(2)12(11)9-5-4-8(10)6-9/h7-9H,3-6,10H2,1-2H3. The van der Waals surface area contributed by atoms with E-state index in [0.29, 0.717) is 16.5 Å². The fourth-order valence-corrected chi connectivity index (χ4v) is 3.47. The molecule has 1 fully saturated rings. The van der Waals surface area contributed by atoms with Gasteiger partial charge in [0.25, 0.3) is 0 Å². The molecular weight excluding hydrogens is 170 g/mol. The predicted octanol–water partition coefficient (Wildman–Crippen LogP) is 1.41. The zero-order valence-corrected chi connectivity index (χ0v) is 8.77. The van der Waals surface area contributed by atoms with E-state index in [1.54, 1.807) is 0 Å². The molecule has 0 aromatic rings. The van der Waals surface area contributed by atoms with Crippen LogP contribution in [0.15, 0.2) is 0 Å². The lowest BCUT2D eigenvalue weighted by Crippen LogP contribution is -2.23. The van der Waals surface area contributed by atoms with Gasteiger partial charge >= 0.3 is 0 Å². The Morgan fingerprint density at radius 2 is 2.25 bits per heavy atom. The van der Waals surface area contributed by atoms with Crippen LogP contribution < -0.4 is 5.73 Å². The Kier molecular flexibility index (Phi) is 3.72. The monoisotopic (exact) mass is 189 g/mol. The van der Waals surface area contributed by atoms with E-state index in [-0.39, 0.29) is 0 Å². The summed E-state index contributed by atoms with van der Waals surface area (Å²) in [6.07, 6.45) is 4.11. The minimum Gasteiger partial charge on any atom is -0.328 e. The van der Waals surface area contributed by atoms with Gasteiger partial charge in [-0.15, -0.1) is 0 Å². The van der Waals surface area contributed by atoms with Crippen molar-refractivity contribution in [3.05, 3.63) is 0 Å². The molecular formula is C9H19NOS. The van der Waals surface area contributed by atoms with Crippen LogP contribution in [0.5, 0.6) is 0 Å². The van der Waals surface area contributed by atoms with Crippen molar-refractivity contribution < 1.29 is 4.21 Å². The quantitative estimate of drug-likeness (QED) is 0.729. The van der Waals surface area contributed by atoms with Crippen molar-refractivity contribution in [2.24, 2.45) is 5.73 Å². The Labute approximate surface area is 77.4 Å². The van der Waals surface area contributed by atoms with Gasteiger partial charge in [-0.3, -0.25) is 4.21 Å². The highest BCUT2D eigenvalue weighted by molar-refractivity contribution is 7.86. The first-order valence-corrected chi connectivity index (χ1v) is 6.07. The number of hydrogen-bond acceptors (Lipinski definition) is 2. The van der Waals surface area contributed by atoms with E-state index in [1.807, 2.05) is 0 Å². The summed E-state index contributed by atoms with van der Waals surface area (Å²) < 4.78 is 11.8. The fourth-order valence-electron chi connectivity index (χ4n) is 1.68. The van der Waals surface area contributed by atoms with Crippen molar-refractivity contribution in [1.29, 1.82) is 0 Å². The third-order valence-corrected chi connectivity index (χ3v) is 4.94. The van der Waals surface area contributed by atoms with E-state index in [2.05, 4.69) is 13.8 Å². The molecule has 1 saturated carbocycles. The van der Waals surface area contributed by atoms with E-state index in [9.17, 15) is 4.21 Å². The molecule has 72 valence electrons. The van der Waals surface area contributed by atoms with Crippen molar-refractivity contribution >= 4 is 10.8 Å². The summed E-state index contributed by atoms with van der Waals surface area (Å²) in [6.45, 7) is 4.16. The Balaban J connectivity index is 2.43. The van der Waals surface area contributed by atoms with Gasteiger partial charge in [0.15, 0.2) is 0 Å². The lowest BCUT2D eigenvalue weighted by atomic mass is 10.3. The molecule has 0 bridgehead atoms.